The van der Waals surface area contributed by atoms with Gasteiger partial charge in [0.05, 0.1) is 24.8 Å². The van der Waals surface area contributed by atoms with Gasteiger partial charge in [-0.2, -0.15) is 0 Å². The minimum Gasteiger partial charge on any atom is -0.497 e. The summed E-state index contributed by atoms with van der Waals surface area (Å²) in [4.78, 5) is 11.9. The van der Waals surface area contributed by atoms with Gasteiger partial charge in [-0.1, -0.05) is 12.1 Å². The van der Waals surface area contributed by atoms with Gasteiger partial charge in [0.1, 0.15) is 11.6 Å². The summed E-state index contributed by atoms with van der Waals surface area (Å²) in [5, 5.41) is 2.81. The lowest BCUT2D eigenvalue weighted by Crippen LogP contribution is -2.15. The van der Waals surface area contributed by atoms with E-state index in [1.165, 1.54) is 12.1 Å². The molecule has 22 heavy (non-hydrogen) atoms. The van der Waals surface area contributed by atoms with Gasteiger partial charge in [0, 0.05) is 5.56 Å². The van der Waals surface area contributed by atoms with E-state index in [2.05, 4.69) is 5.32 Å². The van der Waals surface area contributed by atoms with Crippen LogP contribution in [0.1, 0.15) is 35.6 Å². The second kappa shape index (κ2) is 5.42. The highest BCUT2D eigenvalue weighted by Crippen LogP contribution is 2.39. The fraction of sp³-hybridized carbons (Fsp3) is 0.235. The lowest BCUT2D eigenvalue weighted by Gasteiger charge is -2.17. The van der Waals surface area contributed by atoms with E-state index in [4.69, 9.17) is 10.5 Å². The van der Waals surface area contributed by atoms with Crippen molar-refractivity contribution in [2.24, 2.45) is 5.73 Å². The number of ether oxygens (including phenoxy) is 1. The highest BCUT2D eigenvalue weighted by Gasteiger charge is 2.31. The zero-order chi connectivity index (χ0) is 15.9. The van der Waals surface area contributed by atoms with Crippen molar-refractivity contribution in [2.75, 3.05) is 12.4 Å². The van der Waals surface area contributed by atoms with Gasteiger partial charge in [-0.3, -0.25) is 4.79 Å². The maximum absolute atomic E-state index is 13.9. The molecular formula is C17H17FN2O2. The average Bonchev–Trinajstić information content (AvgIpc) is 2.81. The van der Waals surface area contributed by atoms with Gasteiger partial charge in [0.15, 0.2) is 0 Å². The summed E-state index contributed by atoms with van der Waals surface area (Å²) in [6.45, 7) is 1.75. The van der Waals surface area contributed by atoms with Crippen molar-refractivity contribution in [1.29, 1.82) is 0 Å². The monoisotopic (exact) mass is 300 g/mol. The van der Waals surface area contributed by atoms with Crippen LogP contribution in [0.25, 0.3) is 0 Å². The topological polar surface area (TPSA) is 64.3 Å². The van der Waals surface area contributed by atoms with Gasteiger partial charge in [0.25, 0.3) is 0 Å². The molecule has 1 aliphatic rings. The molecule has 0 radical (unpaired) electrons. The number of rotatable bonds is 3. The Morgan fingerprint density at radius 2 is 2.09 bits per heavy atom. The largest absolute Gasteiger partial charge is 0.497 e. The molecule has 2 aromatic rings. The van der Waals surface area contributed by atoms with Crippen molar-refractivity contribution < 1.29 is 13.9 Å². The first-order valence-electron chi connectivity index (χ1n) is 7.05. The molecule has 3 rings (SSSR count). The molecule has 0 saturated carbocycles. The lowest BCUT2D eigenvalue weighted by atomic mass is 9.93. The molecule has 1 heterocycles. The molecule has 0 spiro atoms. The molecule has 0 aromatic heterocycles. The van der Waals surface area contributed by atoms with Crippen molar-refractivity contribution in [3.8, 4) is 5.75 Å². The number of nitrogens with one attached hydrogen (secondary N) is 1. The predicted octanol–water partition coefficient (Wildman–Crippen LogP) is 2.94. The predicted molar refractivity (Wildman–Crippen MR) is 82.5 cm³/mol. The summed E-state index contributed by atoms with van der Waals surface area (Å²) in [5.74, 6) is -0.226. The zero-order valence-electron chi connectivity index (χ0n) is 12.4. The third-order valence-corrected chi connectivity index (χ3v) is 4.06. The Hall–Kier alpha value is -2.40. The Kier molecular flexibility index (Phi) is 3.58. The maximum Gasteiger partial charge on any atom is 0.231 e. The van der Waals surface area contributed by atoms with Crippen LogP contribution in [0.2, 0.25) is 0 Å². The van der Waals surface area contributed by atoms with Crippen LogP contribution in [0.15, 0.2) is 36.4 Å². The first kappa shape index (κ1) is 14.5. The number of nitrogens with two attached hydrogens (primary N) is 1. The van der Waals surface area contributed by atoms with Gasteiger partial charge < -0.3 is 15.8 Å². The highest BCUT2D eigenvalue weighted by molar-refractivity contribution is 6.03. The number of carbonyl (C=O) groups excluding carboxylic acids is 1. The molecule has 4 nitrogen and oxygen atoms in total. The van der Waals surface area contributed by atoms with Crippen LogP contribution in [0.3, 0.4) is 0 Å². The molecule has 2 aromatic carbocycles. The van der Waals surface area contributed by atoms with E-state index in [0.29, 0.717) is 22.6 Å². The van der Waals surface area contributed by atoms with E-state index in [-0.39, 0.29) is 11.8 Å². The molecule has 0 saturated heterocycles. The van der Waals surface area contributed by atoms with Crippen LogP contribution in [-0.2, 0) is 4.79 Å². The summed E-state index contributed by atoms with van der Waals surface area (Å²) in [6, 6.07) is 9.52. The minimum atomic E-state index is -0.551. The quantitative estimate of drug-likeness (QED) is 0.916. The minimum absolute atomic E-state index is 0.139. The second-order valence-corrected chi connectivity index (χ2v) is 5.42. The Labute approximate surface area is 128 Å². The van der Waals surface area contributed by atoms with E-state index in [0.717, 1.165) is 5.56 Å². The first-order chi connectivity index (χ1) is 10.5. The Balaban J connectivity index is 2.09. The van der Waals surface area contributed by atoms with Crippen molar-refractivity contribution >= 4 is 11.6 Å². The average molecular weight is 300 g/mol. The normalized spacial score (nSPS) is 17.8. The molecular weight excluding hydrogens is 283 g/mol. The third kappa shape index (κ3) is 2.33. The molecule has 1 amide bonds. The van der Waals surface area contributed by atoms with Crippen LogP contribution in [-0.4, -0.2) is 13.0 Å². The van der Waals surface area contributed by atoms with E-state index in [9.17, 15) is 9.18 Å². The van der Waals surface area contributed by atoms with Gasteiger partial charge in [-0.05, 0) is 42.3 Å². The smallest absolute Gasteiger partial charge is 0.231 e. The molecule has 2 unspecified atom stereocenters. The number of methoxy groups -OCH3 is 1. The summed E-state index contributed by atoms with van der Waals surface area (Å²) < 4.78 is 19.1. The van der Waals surface area contributed by atoms with Crippen LogP contribution in [0, 0.1) is 5.82 Å². The highest BCUT2D eigenvalue weighted by atomic mass is 19.1. The van der Waals surface area contributed by atoms with E-state index in [1.54, 1.807) is 14.0 Å². The van der Waals surface area contributed by atoms with E-state index in [1.807, 2.05) is 24.3 Å². The Bertz CT molecular complexity index is 745. The number of carbonyl (C=O) groups is 1. The maximum atomic E-state index is 13.9. The van der Waals surface area contributed by atoms with Crippen LogP contribution < -0.4 is 15.8 Å². The number of hydrogen-bond acceptors (Lipinski definition) is 3. The van der Waals surface area contributed by atoms with Crippen LogP contribution in [0.4, 0.5) is 10.1 Å². The zero-order valence-corrected chi connectivity index (χ0v) is 12.4. The molecule has 5 heteroatoms. The third-order valence-electron chi connectivity index (χ3n) is 4.06. The van der Waals surface area contributed by atoms with Crippen molar-refractivity contribution in [3.05, 3.63) is 58.9 Å². The van der Waals surface area contributed by atoms with Crippen LogP contribution in [0.5, 0.6) is 5.75 Å². The fourth-order valence-corrected chi connectivity index (χ4v) is 2.77. The lowest BCUT2D eigenvalue weighted by molar-refractivity contribution is -0.116. The molecule has 0 aliphatic carbocycles. The van der Waals surface area contributed by atoms with Crippen LogP contribution >= 0.6 is 0 Å². The summed E-state index contributed by atoms with van der Waals surface area (Å²) in [7, 11) is 1.58. The molecule has 0 bridgehead atoms. The number of anilines is 1. The first-order valence-corrected chi connectivity index (χ1v) is 7.05. The van der Waals surface area contributed by atoms with Gasteiger partial charge in [-0.25, -0.2) is 4.39 Å². The molecule has 1 aliphatic heterocycles. The number of halogens is 1. The van der Waals surface area contributed by atoms with Gasteiger partial charge in [0.2, 0.25) is 5.91 Å². The molecule has 2 atom stereocenters. The SMILES string of the molecule is COc1cccc(C(N)c2cc(F)cc3c2NC(=O)C3C)c1. The van der Waals surface area contributed by atoms with Crippen molar-refractivity contribution in [3.63, 3.8) is 0 Å². The van der Waals surface area contributed by atoms with Gasteiger partial charge in [-0.15, -0.1) is 0 Å². The number of fused-ring (bicyclic) bond motifs is 1. The van der Waals surface area contributed by atoms with E-state index < -0.39 is 11.9 Å². The van der Waals surface area contributed by atoms with E-state index >= 15 is 0 Å². The molecule has 114 valence electrons. The number of benzene rings is 2. The number of amides is 1. The summed E-state index contributed by atoms with van der Waals surface area (Å²) >= 11 is 0. The van der Waals surface area contributed by atoms with Crippen molar-refractivity contribution in [2.45, 2.75) is 18.9 Å². The summed E-state index contributed by atoms with van der Waals surface area (Å²) in [5.41, 5.74) is 8.93. The summed E-state index contributed by atoms with van der Waals surface area (Å²) in [6.07, 6.45) is 0. The Morgan fingerprint density at radius 1 is 1.32 bits per heavy atom. The molecule has 0 fully saturated rings. The number of hydrogen-bond donors (Lipinski definition) is 2. The fourth-order valence-electron chi connectivity index (χ4n) is 2.77. The molecule has 3 N–H and O–H groups in total. The Morgan fingerprint density at radius 3 is 2.82 bits per heavy atom. The second-order valence-electron chi connectivity index (χ2n) is 5.42. The standard InChI is InChI=1S/C17H17FN2O2/c1-9-13-7-11(18)8-14(16(13)20-17(9)21)15(19)10-4-3-5-12(6-10)22-2/h3-9,15H,19H2,1-2H3,(H,20,21). The van der Waals surface area contributed by atoms with Gasteiger partial charge >= 0.3 is 0 Å². The van der Waals surface area contributed by atoms with Crippen molar-refractivity contribution in [1.82, 2.24) is 0 Å².